The van der Waals surface area contributed by atoms with Gasteiger partial charge >= 0.3 is 0 Å². The van der Waals surface area contributed by atoms with Crippen LogP contribution < -0.4 is 5.73 Å². The Kier molecular flexibility index (Phi) is 16.0. The predicted octanol–water partition coefficient (Wildman–Crippen LogP) is 10.4. The van der Waals surface area contributed by atoms with Crippen LogP contribution in [0, 0.1) is 35.5 Å². The lowest BCUT2D eigenvalue weighted by Crippen LogP contribution is -2.24. The molecule has 0 heterocycles. The lowest BCUT2D eigenvalue weighted by molar-refractivity contribution is 0.176. The van der Waals surface area contributed by atoms with Crippen molar-refractivity contribution in [2.75, 3.05) is 6.54 Å². The molecule has 2 rings (SSSR count). The molecule has 4 unspecified atom stereocenters. The third-order valence-electron chi connectivity index (χ3n) is 9.64. The van der Waals surface area contributed by atoms with E-state index in [1.165, 1.54) is 115 Å². The Bertz CT molecular complexity index is 594. The molecule has 202 valence electrons. The Morgan fingerprint density at radius 1 is 0.971 bits per heavy atom. The van der Waals surface area contributed by atoms with Gasteiger partial charge in [0.25, 0.3) is 0 Å². The first kappa shape index (κ1) is 30.4. The summed E-state index contributed by atoms with van der Waals surface area (Å²) in [6, 6.07) is 0. The van der Waals surface area contributed by atoms with E-state index in [0.717, 1.165) is 48.5 Å². The normalized spacial score (nSPS) is 25.2. The zero-order chi connectivity index (χ0) is 25.3. The van der Waals surface area contributed by atoms with Crippen molar-refractivity contribution in [2.24, 2.45) is 41.2 Å². The smallest absolute Gasteiger partial charge is 0.00745 e. The van der Waals surface area contributed by atoms with Gasteiger partial charge in [0, 0.05) is 0 Å². The lowest BCUT2D eigenvalue weighted by Gasteiger charge is -2.35. The van der Waals surface area contributed by atoms with Gasteiger partial charge in [-0.25, -0.2) is 0 Å². The first-order valence-electron chi connectivity index (χ1n) is 15.7. The standard InChI is InChI=1S/C34H61N/c1-5-7-8-11-31(18-15-29(4)14-17-30-12-9-10-13-30)19-20-32-21-24-33(25-22-32)34(26-27-35)23-16-28(3)6-2/h5,7,9,12,29-34H,3,6,8,10-11,13-27,35H2,1-2,4H3/b7-5-. The van der Waals surface area contributed by atoms with E-state index in [1.807, 2.05) is 0 Å². The second-order valence-electron chi connectivity index (χ2n) is 12.4. The van der Waals surface area contributed by atoms with Gasteiger partial charge in [0.15, 0.2) is 0 Å². The summed E-state index contributed by atoms with van der Waals surface area (Å²) in [6.45, 7) is 12.0. The quantitative estimate of drug-likeness (QED) is 0.182. The van der Waals surface area contributed by atoms with Crippen molar-refractivity contribution in [3.63, 3.8) is 0 Å². The minimum atomic E-state index is 0.832. The molecule has 0 bridgehead atoms. The van der Waals surface area contributed by atoms with Crippen LogP contribution in [0.2, 0.25) is 0 Å². The molecule has 2 N–H and O–H groups in total. The molecule has 1 saturated carbocycles. The zero-order valence-electron chi connectivity index (χ0n) is 24.0. The van der Waals surface area contributed by atoms with Crippen LogP contribution in [0.3, 0.4) is 0 Å². The number of rotatable bonds is 19. The molecular weight excluding hydrogens is 422 g/mol. The molecule has 1 fully saturated rings. The first-order valence-corrected chi connectivity index (χ1v) is 15.7. The van der Waals surface area contributed by atoms with Gasteiger partial charge in [-0.2, -0.15) is 0 Å². The van der Waals surface area contributed by atoms with E-state index in [2.05, 4.69) is 51.7 Å². The van der Waals surface area contributed by atoms with Crippen LogP contribution in [0.4, 0.5) is 0 Å². The van der Waals surface area contributed by atoms with E-state index >= 15 is 0 Å². The Balaban J connectivity index is 1.72. The van der Waals surface area contributed by atoms with Gasteiger partial charge in [-0.15, -0.1) is 0 Å². The summed E-state index contributed by atoms with van der Waals surface area (Å²) in [6.07, 6.45) is 34.3. The summed E-state index contributed by atoms with van der Waals surface area (Å²) in [5, 5.41) is 0. The minimum Gasteiger partial charge on any atom is -0.330 e. The fourth-order valence-corrected chi connectivity index (χ4v) is 6.85. The fourth-order valence-electron chi connectivity index (χ4n) is 6.85. The average molecular weight is 484 g/mol. The predicted molar refractivity (Wildman–Crippen MR) is 158 cm³/mol. The molecule has 4 atom stereocenters. The minimum absolute atomic E-state index is 0.832. The molecule has 0 saturated heterocycles. The van der Waals surface area contributed by atoms with E-state index in [9.17, 15) is 0 Å². The lowest BCUT2D eigenvalue weighted by atomic mass is 9.71. The highest BCUT2D eigenvalue weighted by Gasteiger charge is 2.27. The third kappa shape index (κ3) is 12.8. The molecule has 2 aliphatic carbocycles. The van der Waals surface area contributed by atoms with Crippen molar-refractivity contribution in [3.05, 3.63) is 36.5 Å². The monoisotopic (exact) mass is 483 g/mol. The van der Waals surface area contributed by atoms with Gasteiger partial charge in [-0.1, -0.05) is 95.2 Å². The molecule has 0 radical (unpaired) electrons. The highest BCUT2D eigenvalue weighted by atomic mass is 14.5. The Morgan fingerprint density at radius 2 is 1.77 bits per heavy atom. The van der Waals surface area contributed by atoms with Crippen molar-refractivity contribution in [1.82, 2.24) is 0 Å². The summed E-state index contributed by atoms with van der Waals surface area (Å²) < 4.78 is 0. The third-order valence-corrected chi connectivity index (χ3v) is 9.64. The van der Waals surface area contributed by atoms with Crippen LogP contribution in [0.25, 0.3) is 0 Å². The van der Waals surface area contributed by atoms with Gasteiger partial charge in [-0.05, 0) is 120 Å². The molecule has 1 heteroatoms. The summed E-state index contributed by atoms with van der Waals surface area (Å²) in [5.74, 6) is 5.44. The molecule has 0 spiro atoms. The van der Waals surface area contributed by atoms with Crippen LogP contribution in [0.5, 0.6) is 0 Å². The van der Waals surface area contributed by atoms with Crippen molar-refractivity contribution < 1.29 is 0 Å². The van der Waals surface area contributed by atoms with Crippen LogP contribution in [0.15, 0.2) is 36.5 Å². The van der Waals surface area contributed by atoms with E-state index in [1.54, 1.807) is 0 Å². The molecular formula is C34H61N. The van der Waals surface area contributed by atoms with E-state index in [0.29, 0.717) is 0 Å². The molecule has 0 aromatic rings. The highest BCUT2D eigenvalue weighted by molar-refractivity contribution is 4.96. The fraction of sp³-hybridized carbons (Fsp3) is 0.824. The van der Waals surface area contributed by atoms with Gasteiger partial charge in [0.2, 0.25) is 0 Å². The number of nitrogens with two attached hydrogens (primary N) is 1. The molecule has 35 heavy (non-hydrogen) atoms. The zero-order valence-corrected chi connectivity index (χ0v) is 24.0. The number of hydrogen-bond donors (Lipinski definition) is 1. The number of hydrogen-bond acceptors (Lipinski definition) is 1. The SMILES string of the molecule is C=C(CC)CCC(CCN)C1CCC(CCC(CC/C=C\C)CCC(C)CCC2C=CCC2)CC1. The number of allylic oxidation sites excluding steroid dienone is 5. The molecule has 0 aliphatic heterocycles. The summed E-state index contributed by atoms with van der Waals surface area (Å²) in [7, 11) is 0. The molecule has 0 aromatic heterocycles. The summed E-state index contributed by atoms with van der Waals surface area (Å²) in [5.41, 5.74) is 7.43. The van der Waals surface area contributed by atoms with Crippen LogP contribution in [-0.2, 0) is 0 Å². The van der Waals surface area contributed by atoms with Crippen molar-refractivity contribution in [1.29, 1.82) is 0 Å². The van der Waals surface area contributed by atoms with Gasteiger partial charge < -0.3 is 5.73 Å². The maximum absolute atomic E-state index is 6.00. The van der Waals surface area contributed by atoms with Crippen molar-refractivity contribution in [2.45, 2.75) is 136 Å². The Hall–Kier alpha value is -0.820. The first-order chi connectivity index (χ1) is 17.0. The molecule has 1 nitrogen and oxygen atoms in total. The Labute approximate surface area is 220 Å². The maximum atomic E-state index is 6.00. The molecule has 2 aliphatic rings. The topological polar surface area (TPSA) is 26.0 Å². The second-order valence-corrected chi connectivity index (χ2v) is 12.4. The van der Waals surface area contributed by atoms with Gasteiger partial charge in [-0.3, -0.25) is 0 Å². The van der Waals surface area contributed by atoms with E-state index in [-0.39, 0.29) is 0 Å². The van der Waals surface area contributed by atoms with Crippen LogP contribution >= 0.6 is 0 Å². The van der Waals surface area contributed by atoms with Crippen LogP contribution in [0.1, 0.15) is 136 Å². The largest absolute Gasteiger partial charge is 0.330 e. The van der Waals surface area contributed by atoms with Crippen molar-refractivity contribution >= 4 is 0 Å². The van der Waals surface area contributed by atoms with E-state index in [4.69, 9.17) is 5.73 Å². The average Bonchev–Trinajstić information content (AvgIpc) is 3.40. The van der Waals surface area contributed by atoms with Gasteiger partial charge in [0.05, 0.1) is 0 Å². The van der Waals surface area contributed by atoms with Crippen molar-refractivity contribution in [3.8, 4) is 0 Å². The summed E-state index contributed by atoms with van der Waals surface area (Å²) >= 11 is 0. The van der Waals surface area contributed by atoms with Crippen LogP contribution in [-0.4, -0.2) is 6.54 Å². The molecule has 0 amide bonds. The molecule has 0 aromatic carbocycles. The van der Waals surface area contributed by atoms with Gasteiger partial charge in [0.1, 0.15) is 0 Å². The second kappa shape index (κ2) is 18.4. The maximum Gasteiger partial charge on any atom is -0.00745 e. The van der Waals surface area contributed by atoms with E-state index < -0.39 is 0 Å². The Morgan fingerprint density at radius 3 is 2.43 bits per heavy atom. The highest BCUT2D eigenvalue weighted by Crippen LogP contribution is 2.40. The summed E-state index contributed by atoms with van der Waals surface area (Å²) in [4.78, 5) is 0.